The fourth-order valence-corrected chi connectivity index (χ4v) is 3.01. The largest absolute Gasteiger partial charge is 0.327 e. The van der Waals surface area contributed by atoms with E-state index in [1.807, 2.05) is 0 Å². The molecular weight excluding hydrogens is 218 g/mol. The molecule has 0 heterocycles. The Bertz CT molecular complexity index is 352. The number of rotatable bonds is 3. The highest BCUT2D eigenvalue weighted by Gasteiger charge is 2.20. The van der Waals surface area contributed by atoms with Crippen LogP contribution in [-0.2, 0) is 6.42 Å². The van der Waals surface area contributed by atoms with Crippen LogP contribution in [0, 0.1) is 5.92 Å². The lowest BCUT2D eigenvalue weighted by Crippen LogP contribution is -2.30. The maximum atomic E-state index is 6.30. The molecule has 2 rings (SSSR count). The molecule has 1 aromatic rings. The van der Waals surface area contributed by atoms with Crippen molar-refractivity contribution in [1.29, 1.82) is 0 Å². The first-order chi connectivity index (χ1) is 8.66. The first-order valence-corrected chi connectivity index (χ1v) is 7.51. The molecule has 0 spiro atoms. The summed E-state index contributed by atoms with van der Waals surface area (Å²) in [5, 5.41) is 0. The van der Waals surface area contributed by atoms with E-state index in [0.29, 0.717) is 17.9 Å². The number of nitrogens with two attached hydrogens (primary N) is 1. The van der Waals surface area contributed by atoms with Gasteiger partial charge in [0, 0.05) is 6.04 Å². The monoisotopic (exact) mass is 245 g/mol. The molecule has 1 nitrogen and oxygen atoms in total. The molecule has 1 aromatic carbocycles. The van der Waals surface area contributed by atoms with Gasteiger partial charge in [0.15, 0.2) is 0 Å². The molecule has 0 radical (unpaired) electrons. The predicted molar refractivity (Wildman–Crippen MR) is 78.8 cm³/mol. The lowest BCUT2D eigenvalue weighted by Gasteiger charge is -2.21. The van der Waals surface area contributed by atoms with Gasteiger partial charge in [0.05, 0.1) is 0 Å². The topological polar surface area (TPSA) is 26.0 Å². The van der Waals surface area contributed by atoms with Crippen molar-refractivity contribution < 1.29 is 0 Å². The molecule has 18 heavy (non-hydrogen) atoms. The normalized spacial score (nSPS) is 25.1. The van der Waals surface area contributed by atoms with Gasteiger partial charge in [-0.1, -0.05) is 57.4 Å². The molecule has 2 N–H and O–H groups in total. The second kappa shape index (κ2) is 6.38. The lowest BCUT2D eigenvalue weighted by atomic mass is 9.88. The zero-order chi connectivity index (χ0) is 13.0. The molecule has 0 aromatic heterocycles. The van der Waals surface area contributed by atoms with Gasteiger partial charge in [-0.15, -0.1) is 0 Å². The maximum absolute atomic E-state index is 6.30. The third-order valence-corrected chi connectivity index (χ3v) is 4.36. The van der Waals surface area contributed by atoms with Crippen molar-refractivity contribution >= 4 is 0 Å². The van der Waals surface area contributed by atoms with E-state index in [-0.39, 0.29) is 0 Å². The van der Waals surface area contributed by atoms with Gasteiger partial charge in [-0.2, -0.15) is 0 Å². The second-order valence-electron chi connectivity index (χ2n) is 6.16. The van der Waals surface area contributed by atoms with Gasteiger partial charge in [-0.25, -0.2) is 0 Å². The Morgan fingerprint density at radius 2 is 1.72 bits per heavy atom. The van der Waals surface area contributed by atoms with Gasteiger partial charge in [-0.3, -0.25) is 0 Å². The molecular formula is C17H27N. The van der Waals surface area contributed by atoms with Crippen LogP contribution in [0.2, 0.25) is 0 Å². The summed E-state index contributed by atoms with van der Waals surface area (Å²) in [6, 6.07) is 9.57. The molecule has 1 aliphatic rings. The van der Waals surface area contributed by atoms with Crippen LogP contribution in [0.4, 0.5) is 0 Å². The van der Waals surface area contributed by atoms with Crippen molar-refractivity contribution in [3.63, 3.8) is 0 Å². The van der Waals surface area contributed by atoms with Crippen LogP contribution in [0.1, 0.15) is 63.0 Å². The maximum Gasteiger partial charge on any atom is 0.00703 e. The van der Waals surface area contributed by atoms with Crippen molar-refractivity contribution in [3.05, 3.63) is 35.4 Å². The van der Waals surface area contributed by atoms with Gasteiger partial charge >= 0.3 is 0 Å². The molecule has 2 atom stereocenters. The van der Waals surface area contributed by atoms with Crippen LogP contribution < -0.4 is 5.73 Å². The van der Waals surface area contributed by atoms with Gasteiger partial charge < -0.3 is 5.73 Å². The summed E-state index contributed by atoms with van der Waals surface area (Å²) in [5.74, 6) is 1.32. The summed E-state index contributed by atoms with van der Waals surface area (Å²) in [7, 11) is 0. The van der Waals surface area contributed by atoms with Crippen molar-refractivity contribution in [2.45, 2.75) is 64.3 Å². The number of hydrogen-bond acceptors (Lipinski definition) is 1. The quantitative estimate of drug-likeness (QED) is 0.791. The van der Waals surface area contributed by atoms with Crippen molar-refractivity contribution in [3.8, 4) is 0 Å². The molecule has 1 aliphatic carbocycles. The van der Waals surface area contributed by atoms with Crippen molar-refractivity contribution in [2.75, 3.05) is 0 Å². The average molecular weight is 245 g/mol. The number of benzene rings is 1. The third kappa shape index (κ3) is 3.58. The highest BCUT2D eigenvalue weighted by Crippen LogP contribution is 2.26. The van der Waals surface area contributed by atoms with E-state index in [1.165, 1.54) is 49.7 Å². The van der Waals surface area contributed by atoms with E-state index in [0.717, 1.165) is 0 Å². The highest BCUT2D eigenvalue weighted by molar-refractivity contribution is 5.25. The highest BCUT2D eigenvalue weighted by atomic mass is 14.6. The van der Waals surface area contributed by atoms with Crippen molar-refractivity contribution in [1.82, 2.24) is 0 Å². The standard InChI is InChI=1S/C17H27N/c1-13(2)15-10-8-14(9-11-15)12-16-6-4-3-5-7-17(16)18/h8-11,13,16-17H,3-7,12,18H2,1-2H3. The molecule has 1 heteroatoms. The lowest BCUT2D eigenvalue weighted by molar-refractivity contribution is 0.395. The zero-order valence-corrected chi connectivity index (χ0v) is 11.9. The van der Waals surface area contributed by atoms with Gasteiger partial charge in [0.25, 0.3) is 0 Å². The minimum Gasteiger partial charge on any atom is -0.327 e. The smallest absolute Gasteiger partial charge is 0.00703 e. The van der Waals surface area contributed by atoms with E-state index in [1.54, 1.807) is 0 Å². The molecule has 1 fully saturated rings. The molecule has 100 valence electrons. The van der Waals surface area contributed by atoms with Crippen LogP contribution in [0.15, 0.2) is 24.3 Å². The minimum atomic E-state index is 0.414. The second-order valence-corrected chi connectivity index (χ2v) is 6.16. The third-order valence-electron chi connectivity index (χ3n) is 4.36. The Balaban J connectivity index is 1.99. The van der Waals surface area contributed by atoms with Gasteiger partial charge in [0.2, 0.25) is 0 Å². The van der Waals surface area contributed by atoms with Crippen LogP contribution in [0.25, 0.3) is 0 Å². The summed E-state index contributed by atoms with van der Waals surface area (Å²) >= 11 is 0. The Morgan fingerprint density at radius 1 is 1.06 bits per heavy atom. The summed E-state index contributed by atoms with van der Waals surface area (Å²) in [6.07, 6.45) is 7.75. The van der Waals surface area contributed by atoms with E-state index in [2.05, 4.69) is 38.1 Å². The Hall–Kier alpha value is -0.820. The van der Waals surface area contributed by atoms with Crippen LogP contribution >= 0.6 is 0 Å². The number of hydrogen-bond donors (Lipinski definition) is 1. The van der Waals surface area contributed by atoms with Crippen LogP contribution in [0.3, 0.4) is 0 Å². The SMILES string of the molecule is CC(C)c1ccc(CC2CCCCCC2N)cc1. The van der Waals surface area contributed by atoms with Gasteiger partial charge in [0.1, 0.15) is 0 Å². The molecule has 0 bridgehead atoms. The average Bonchev–Trinajstić information content (AvgIpc) is 2.56. The predicted octanol–water partition coefficient (Wildman–Crippen LogP) is 4.26. The molecule has 0 saturated heterocycles. The molecule has 0 aliphatic heterocycles. The minimum absolute atomic E-state index is 0.414. The van der Waals surface area contributed by atoms with E-state index in [4.69, 9.17) is 5.73 Å². The fourth-order valence-electron chi connectivity index (χ4n) is 3.01. The van der Waals surface area contributed by atoms with E-state index >= 15 is 0 Å². The van der Waals surface area contributed by atoms with Crippen LogP contribution in [0.5, 0.6) is 0 Å². The van der Waals surface area contributed by atoms with Gasteiger partial charge in [-0.05, 0) is 42.2 Å². The van der Waals surface area contributed by atoms with E-state index < -0.39 is 0 Å². The Morgan fingerprint density at radius 3 is 2.39 bits per heavy atom. The molecule has 1 saturated carbocycles. The Kier molecular flexibility index (Phi) is 4.82. The van der Waals surface area contributed by atoms with Crippen LogP contribution in [-0.4, -0.2) is 6.04 Å². The first kappa shape index (κ1) is 13.6. The molecule has 0 amide bonds. The molecule has 2 unspecified atom stereocenters. The zero-order valence-electron chi connectivity index (χ0n) is 11.9. The fraction of sp³-hybridized carbons (Fsp3) is 0.647. The van der Waals surface area contributed by atoms with E-state index in [9.17, 15) is 0 Å². The summed E-state index contributed by atoms with van der Waals surface area (Å²) in [4.78, 5) is 0. The summed E-state index contributed by atoms with van der Waals surface area (Å²) < 4.78 is 0. The van der Waals surface area contributed by atoms with Crippen molar-refractivity contribution in [2.24, 2.45) is 11.7 Å². The Labute approximate surface area is 112 Å². The summed E-state index contributed by atoms with van der Waals surface area (Å²) in [5.41, 5.74) is 9.20. The first-order valence-electron chi connectivity index (χ1n) is 7.51. The summed E-state index contributed by atoms with van der Waals surface area (Å²) in [6.45, 7) is 4.49.